The second-order valence-corrected chi connectivity index (χ2v) is 5.03. The van der Waals surface area contributed by atoms with Gasteiger partial charge in [-0.05, 0) is 30.3 Å². The van der Waals surface area contributed by atoms with Crippen molar-refractivity contribution in [2.75, 3.05) is 0 Å². The van der Waals surface area contributed by atoms with E-state index in [-0.39, 0.29) is 0 Å². The minimum atomic E-state index is 0.417. The molecule has 0 bridgehead atoms. The van der Waals surface area contributed by atoms with Crippen molar-refractivity contribution in [2.45, 2.75) is 0 Å². The molecule has 0 unspecified atom stereocenters. The minimum absolute atomic E-state index is 0.417. The Kier molecular flexibility index (Phi) is 2.72. The maximum atomic E-state index is 9.22. The summed E-state index contributed by atoms with van der Waals surface area (Å²) in [6.45, 7) is 0. The van der Waals surface area contributed by atoms with E-state index in [4.69, 9.17) is 5.26 Å². The van der Waals surface area contributed by atoms with Crippen LogP contribution in [0.3, 0.4) is 0 Å². The predicted molar refractivity (Wildman–Crippen MR) is 74.5 cm³/mol. The molecule has 0 spiro atoms. The molecule has 0 N–H and O–H groups in total. The van der Waals surface area contributed by atoms with Crippen LogP contribution < -0.4 is 0 Å². The molecular weight excluding hydrogens is 254 g/mol. The van der Waals surface area contributed by atoms with E-state index >= 15 is 0 Å². The van der Waals surface area contributed by atoms with Crippen LogP contribution in [0.4, 0.5) is 0 Å². The predicted octanol–water partition coefficient (Wildman–Crippen LogP) is 3.71. The third-order valence-corrected chi connectivity index (χ3v) is 3.97. The first-order valence-electron chi connectivity index (χ1n) is 5.61. The number of rotatable bonds is 1. The Morgan fingerprint density at radius 2 is 1.95 bits per heavy atom. The van der Waals surface area contributed by atoms with E-state index in [1.165, 1.54) is 0 Å². The maximum absolute atomic E-state index is 9.22. The van der Waals surface area contributed by atoms with Gasteiger partial charge in [-0.3, -0.25) is 4.98 Å². The van der Waals surface area contributed by atoms with Crippen molar-refractivity contribution in [1.82, 2.24) is 4.98 Å². The highest BCUT2D eigenvalue weighted by Gasteiger charge is 2.11. The largest absolute Gasteiger partial charge is 0.255 e. The van der Waals surface area contributed by atoms with Gasteiger partial charge in [0.25, 0.3) is 0 Å². The van der Waals surface area contributed by atoms with E-state index in [2.05, 4.69) is 17.1 Å². The van der Waals surface area contributed by atoms with Gasteiger partial charge in [-0.25, -0.2) is 0 Å². The van der Waals surface area contributed by atoms with Gasteiger partial charge in [0, 0.05) is 16.3 Å². The Hall–Kier alpha value is -2.69. The number of pyridine rings is 1. The zero-order valence-electron chi connectivity index (χ0n) is 9.79. The van der Waals surface area contributed by atoms with Crippen LogP contribution in [0.1, 0.15) is 11.1 Å². The minimum Gasteiger partial charge on any atom is -0.255 e. The molecule has 2 aromatic heterocycles. The summed E-state index contributed by atoms with van der Waals surface area (Å²) < 4.78 is 0.996. The first-order valence-corrected chi connectivity index (χ1v) is 6.43. The molecule has 3 rings (SSSR count). The molecule has 3 nitrogen and oxygen atoms in total. The first kappa shape index (κ1) is 11.4. The van der Waals surface area contributed by atoms with Crippen molar-refractivity contribution in [3.8, 4) is 22.7 Å². The van der Waals surface area contributed by atoms with Gasteiger partial charge in [0.05, 0.1) is 21.7 Å². The van der Waals surface area contributed by atoms with Gasteiger partial charge in [-0.2, -0.15) is 10.5 Å². The van der Waals surface area contributed by atoms with Gasteiger partial charge in [-0.1, -0.05) is 6.07 Å². The average Bonchev–Trinajstić information content (AvgIpc) is 2.91. The summed E-state index contributed by atoms with van der Waals surface area (Å²) in [5.74, 6) is 0. The highest BCUT2D eigenvalue weighted by molar-refractivity contribution is 7.22. The number of aromatic nitrogens is 1. The molecule has 0 atom stereocenters. The summed E-state index contributed by atoms with van der Waals surface area (Å²) in [4.78, 5) is 5.31. The van der Waals surface area contributed by atoms with Gasteiger partial charge in [-0.15, -0.1) is 11.3 Å². The summed E-state index contributed by atoms with van der Waals surface area (Å²) >= 11 is 1.58. The molecule has 0 fully saturated rings. The van der Waals surface area contributed by atoms with Gasteiger partial charge in [0.2, 0.25) is 0 Å². The monoisotopic (exact) mass is 261 g/mol. The van der Waals surface area contributed by atoms with E-state index in [0.29, 0.717) is 11.1 Å². The Bertz CT molecular complexity index is 835. The molecule has 0 saturated heterocycles. The van der Waals surface area contributed by atoms with Gasteiger partial charge < -0.3 is 0 Å². The SMILES string of the molecule is N#Cc1ccc2sc(-c3ccccn3)cc2c1C#N. The Morgan fingerprint density at radius 3 is 2.63 bits per heavy atom. The van der Waals surface area contributed by atoms with Crippen molar-refractivity contribution in [3.63, 3.8) is 0 Å². The highest BCUT2D eigenvalue weighted by atomic mass is 32.1. The van der Waals surface area contributed by atoms with E-state index in [1.807, 2.05) is 30.3 Å². The molecule has 0 radical (unpaired) electrons. The number of benzene rings is 1. The molecule has 1 aromatic carbocycles. The summed E-state index contributed by atoms with van der Waals surface area (Å²) in [5.41, 5.74) is 1.74. The number of hydrogen-bond acceptors (Lipinski definition) is 4. The second kappa shape index (κ2) is 4.53. The quantitative estimate of drug-likeness (QED) is 0.671. The van der Waals surface area contributed by atoms with E-state index < -0.39 is 0 Å². The van der Waals surface area contributed by atoms with Crippen molar-refractivity contribution < 1.29 is 0 Å². The molecular formula is C15H7N3S. The summed E-state index contributed by atoms with van der Waals surface area (Å²) in [7, 11) is 0. The third-order valence-electron chi connectivity index (χ3n) is 2.85. The van der Waals surface area contributed by atoms with Gasteiger partial charge in [0.15, 0.2) is 0 Å². The maximum Gasteiger partial charge on any atom is 0.101 e. The molecule has 0 aliphatic heterocycles. The summed E-state index contributed by atoms with van der Waals surface area (Å²) in [5, 5.41) is 19.1. The molecule has 3 aromatic rings. The smallest absolute Gasteiger partial charge is 0.101 e. The Balaban J connectivity index is 2.29. The normalized spacial score (nSPS) is 10.0. The van der Waals surface area contributed by atoms with Crippen LogP contribution in [-0.2, 0) is 0 Å². The van der Waals surface area contributed by atoms with Crippen molar-refractivity contribution in [3.05, 3.63) is 53.7 Å². The average molecular weight is 261 g/mol. The molecule has 0 saturated carbocycles. The molecule has 88 valence electrons. The summed E-state index contributed by atoms with van der Waals surface area (Å²) in [6.07, 6.45) is 1.74. The summed E-state index contributed by atoms with van der Waals surface area (Å²) in [6, 6.07) is 15.4. The molecule has 0 aliphatic carbocycles. The number of hydrogen-bond donors (Lipinski definition) is 0. The van der Waals surface area contributed by atoms with Crippen LogP contribution in [-0.4, -0.2) is 4.98 Å². The topological polar surface area (TPSA) is 60.5 Å². The fourth-order valence-electron chi connectivity index (χ4n) is 1.96. The lowest BCUT2D eigenvalue weighted by Gasteiger charge is -1.94. The highest BCUT2D eigenvalue weighted by Crippen LogP contribution is 2.35. The molecule has 0 aliphatic rings. The van der Waals surface area contributed by atoms with Gasteiger partial charge in [0.1, 0.15) is 12.1 Å². The Morgan fingerprint density at radius 1 is 1.05 bits per heavy atom. The van der Waals surface area contributed by atoms with E-state index in [9.17, 15) is 5.26 Å². The fraction of sp³-hybridized carbons (Fsp3) is 0. The third kappa shape index (κ3) is 1.85. The zero-order chi connectivity index (χ0) is 13.2. The van der Waals surface area contributed by atoms with Gasteiger partial charge >= 0.3 is 0 Å². The van der Waals surface area contributed by atoms with E-state index in [0.717, 1.165) is 20.7 Å². The zero-order valence-corrected chi connectivity index (χ0v) is 10.6. The lowest BCUT2D eigenvalue weighted by Crippen LogP contribution is -1.82. The first-order chi connectivity index (χ1) is 9.33. The van der Waals surface area contributed by atoms with Crippen LogP contribution in [0.2, 0.25) is 0 Å². The Labute approximate surface area is 114 Å². The molecule has 2 heterocycles. The van der Waals surface area contributed by atoms with Crippen LogP contribution in [0, 0.1) is 22.7 Å². The van der Waals surface area contributed by atoms with Crippen molar-refractivity contribution in [1.29, 1.82) is 10.5 Å². The van der Waals surface area contributed by atoms with Crippen molar-refractivity contribution >= 4 is 21.4 Å². The van der Waals surface area contributed by atoms with Crippen molar-refractivity contribution in [2.24, 2.45) is 0 Å². The van der Waals surface area contributed by atoms with Crippen LogP contribution >= 0.6 is 11.3 Å². The number of thiophene rings is 1. The molecule has 19 heavy (non-hydrogen) atoms. The lowest BCUT2D eigenvalue weighted by molar-refractivity contribution is 1.34. The van der Waals surface area contributed by atoms with E-state index in [1.54, 1.807) is 23.6 Å². The number of nitrogens with zero attached hydrogens (tertiary/aromatic N) is 3. The second-order valence-electron chi connectivity index (χ2n) is 3.95. The standard InChI is InChI=1S/C15H7N3S/c16-8-10-4-5-14-11(12(10)9-17)7-15(19-14)13-3-1-2-6-18-13/h1-7H. The van der Waals surface area contributed by atoms with Crippen LogP contribution in [0.25, 0.3) is 20.7 Å². The van der Waals surface area contributed by atoms with Crippen LogP contribution in [0.5, 0.6) is 0 Å². The van der Waals surface area contributed by atoms with Crippen LogP contribution in [0.15, 0.2) is 42.6 Å². The lowest BCUT2D eigenvalue weighted by atomic mass is 10.1. The molecule has 0 amide bonds. The number of fused-ring (bicyclic) bond motifs is 1. The number of nitriles is 2. The fourth-order valence-corrected chi connectivity index (χ4v) is 3.01. The molecule has 4 heteroatoms.